The smallest absolute Gasteiger partial charge is 0.0618 e. The van der Waals surface area contributed by atoms with E-state index in [1.807, 2.05) is 36.4 Å². The van der Waals surface area contributed by atoms with Gasteiger partial charge in [0.25, 0.3) is 0 Å². The molecule has 0 bridgehead atoms. The largest absolute Gasteiger partial charge is 0.397 e. The Kier molecular flexibility index (Phi) is 3.15. The van der Waals surface area contributed by atoms with E-state index in [0.717, 1.165) is 21.5 Å². The minimum absolute atomic E-state index is 0.734. The van der Waals surface area contributed by atoms with Crippen LogP contribution in [0.3, 0.4) is 0 Å². The Morgan fingerprint density at radius 3 is 2.50 bits per heavy atom. The summed E-state index contributed by atoms with van der Waals surface area (Å²) in [4.78, 5) is 0. The van der Waals surface area contributed by atoms with Gasteiger partial charge in [0.1, 0.15) is 0 Å². The molecule has 3 N–H and O–H groups in total. The van der Waals surface area contributed by atoms with Crippen LogP contribution in [-0.2, 0) is 0 Å². The Morgan fingerprint density at radius 1 is 1.06 bits per heavy atom. The molecular weight excluding hydrogens is 264 g/mol. The minimum atomic E-state index is 0.734. The van der Waals surface area contributed by atoms with Crippen LogP contribution in [0.15, 0.2) is 46.9 Å². The van der Waals surface area contributed by atoms with Gasteiger partial charge in [-0.3, -0.25) is 0 Å². The van der Waals surface area contributed by atoms with E-state index in [9.17, 15) is 0 Å². The molecule has 2 nitrogen and oxygen atoms in total. The van der Waals surface area contributed by atoms with Crippen molar-refractivity contribution in [2.75, 3.05) is 11.1 Å². The Bertz CT molecular complexity index is 509. The molecule has 0 spiro atoms. The summed E-state index contributed by atoms with van der Waals surface area (Å²) < 4.78 is 0.986. The molecule has 2 aromatic rings. The fraction of sp³-hybridized carbons (Fsp3) is 0.0769. The molecule has 0 unspecified atom stereocenters. The van der Waals surface area contributed by atoms with Crippen molar-refractivity contribution in [3.05, 3.63) is 52.5 Å². The van der Waals surface area contributed by atoms with Gasteiger partial charge in [-0.05, 0) is 36.8 Å². The third-order valence-corrected chi connectivity index (χ3v) is 2.92. The average molecular weight is 277 g/mol. The first-order valence-corrected chi connectivity index (χ1v) is 5.84. The highest BCUT2D eigenvalue weighted by Gasteiger charge is 2.01. The monoisotopic (exact) mass is 276 g/mol. The summed E-state index contributed by atoms with van der Waals surface area (Å²) in [5.41, 5.74) is 9.87. The molecule has 16 heavy (non-hydrogen) atoms. The number of halogens is 1. The number of benzene rings is 2. The highest BCUT2D eigenvalue weighted by Crippen LogP contribution is 2.27. The van der Waals surface area contributed by atoms with E-state index < -0.39 is 0 Å². The molecule has 0 fully saturated rings. The number of aryl methyl sites for hydroxylation is 1. The summed E-state index contributed by atoms with van der Waals surface area (Å²) in [5.74, 6) is 0. The molecule has 0 amide bonds. The average Bonchev–Trinajstić information content (AvgIpc) is 2.25. The van der Waals surface area contributed by atoms with Crippen molar-refractivity contribution in [3.63, 3.8) is 0 Å². The predicted molar refractivity (Wildman–Crippen MR) is 73.0 cm³/mol. The van der Waals surface area contributed by atoms with Gasteiger partial charge in [0.05, 0.1) is 11.4 Å². The van der Waals surface area contributed by atoms with Crippen LogP contribution in [0.1, 0.15) is 5.56 Å². The Labute approximate surface area is 104 Å². The summed E-state index contributed by atoms with van der Waals surface area (Å²) in [6, 6.07) is 14.0. The zero-order valence-corrected chi connectivity index (χ0v) is 10.6. The first-order valence-electron chi connectivity index (χ1n) is 5.04. The van der Waals surface area contributed by atoms with Gasteiger partial charge in [-0.2, -0.15) is 0 Å². The van der Waals surface area contributed by atoms with Gasteiger partial charge in [-0.15, -0.1) is 0 Å². The molecule has 2 rings (SSSR count). The molecule has 0 atom stereocenters. The normalized spacial score (nSPS) is 10.1. The topological polar surface area (TPSA) is 38.0 Å². The summed E-state index contributed by atoms with van der Waals surface area (Å²) in [6.45, 7) is 2.07. The van der Waals surface area contributed by atoms with Crippen molar-refractivity contribution < 1.29 is 0 Å². The van der Waals surface area contributed by atoms with Gasteiger partial charge < -0.3 is 11.1 Å². The van der Waals surface area contributed by atoms with E-state index in [0.29, 0.717) is 0 Å². The molecule has 0 aliphatic carbocycles. The molecule has 0 radical (unpaired) electrons. The molecule has 0 aliphatic heterocycles. The molecule has 3 heteroatoms. The van der Waals surface area contributed by atoms with Crippen molar-refractivity contribution in [1.82, 2.24) is 0 Å². The number of hydrogen-bond acceptors (Lipinski definition) is 2. The second kappa shape index (κ2) is 4.58. The van der Waals surface area contributed by atoms with Gasteiger partial charge in [-0.1, -0.05) is 34.1 Å². The van der Waals surface area contributed by atoms with Crippen molar-refractivity contribution in [3.8, 4) is 0 Å². The second-order valence-electron chi connectivity index (χ2n) is 3.67. The van der Waals surface area contributed by atoms with E-state index in [1.165, 1.54) is 5.56 Å². The zero-order chi connectivity index (χ0) is 11.5. The van der Waals surface area contributed by atoms with Crippen molar-refractivity contribution in [1.29, 1.82) is 0 Å². The van der Waals surface area contributed by atoms with Crippen LogP contribution >= 0.6 is 15.9 Å². The van der Waals surface area contributed by atoms with Gasteiger partial charge in [-0.25, -0.2) is 0 Å². The Balaban J connectivity index is 2.31. The lowest BCUT2D eigenvalue weighted by Gasteiger charge is -2.11. The minimum Gasteiger partial charge on any atom is -0.397 e. The van der Waals surface area contributed by atoms with E-state index >= 15 is 0 Å². The van der Waals surface area contributed by atoms with E-state index in [-0.39, 0.29) is 0 Å². The molecule has 0 aromatic heterocycles. The third kappa shape index (κ3) is 2.36. The van der Waals surface area contributed by atoms with Gasteiger partial charge >= 0.3 is 0 Å². The van der Waals surface area contributed by atoms with Crippen molar-refractivity contribution in [2.24, 2.45) is 0 Å². The number of hydrogen-bond donors (Lipinski definition) is 2. The summed E-state index contributed by atoms with van der Waals surface area (Å²) in [6.07, 6.45) is 0. The molecule has 2 aromatic carbocycles. The van der Waals surface area contributed by atoms with E-state index in [2.05, 4.69) is 34.2 Å². The first kappa shape index (κ1) is 11.0. The molecule has 0 saturated carbocycles. The number of nitrogen functional groups attached to an aromatic ring is 1. The molecule has 0 heterocycles. The van der Waals surface area contributed by atoms with Crippen LogP contribution in [0, 0.1) is 6.92 Å². The maximum Gasteiger partial charge on any atom is 0.0618 e. The number of nitrogens with one attached hydrogen (secondary N) is 1. The number of anilines is 3. The zero-order valence-electron chi connectivity index (χ0n) is 9.00. The lowest BCUT2D eigenvalue weighted by Crippen LogP contribution is -1.97. The molecule has 0 aliphatic rings. The van der Waals surface area contributed by atoms with Gasteiger partial charge in [0, 0.05) is 10.2 Å². The van der Waals surface area contributed by atoms with Crippen LogP contribution < -0.4 is 11.1 Å². The second-order valence-corrected chi connectivity index (χ2v) is 4.59. The summed E-state index contributed by atoms with van der Waals surface area (Å²) in [7, 11) is 0. The molecule has 82 valence electrons. The Morgan fingerprint density at radius 2 is 1.81 bits per heavy atom. The van der Waals surface area contributed by atoms with E-state index in [4.69, 9.17) is 5.73 Å². The summed E-state index contributed by atoms with van der Waals surface area (Å²) >= 11 is 3.39. The quantitative estimate of drug-likeness (QED) is 0.811. The molecular formula is C13H13BrN2. The van der Waals surface area contributed by atoms with E-state index in [1.54, 1.807) is 0 Å². The fourth-order valence-corrected chi connectivity index (χ4v) is 1.88. The maximum atomic E-state index is 5.93. The van der Waals surface area contributed by atoms with Crippen LogP contribution in [-0.4, -0.2) is 0 Å². The van der Waals surface area contributed by atoms with Crippen LogP contribution in [0.25, 0.3) is 0 Å². The Hall–Kier alpha value is -1.48. The summed E-state index contributed by atoms with van der Waals surface area (Å²) in [5, 5.41) is 3.32. The number of nitrogens with two attached hydrogens (primary N) is 1. The molecule has 0 saturated heterocycles. The van der Waals surface area contributed by atoms with Crippen molar-refractivity contribution >= 4 is 33.0 Å². The van der Waals surface area contributed by atoms with Crippen LogP contribution in [0.4, 0.5) is 17.1 Å². The van der Waals surface area contributed by atoms with Crippen molar-refractivity contribution in [2.45, 2.75) is 6.92 Å². The lowest BCUT2D eigenvalue weighted by molar-refractivity contribution is 1.43. The standard InChI is InChI=1S/C13H13BrN2/c1-9-4-2-3-5-12(9)16-13-7-6-10(14)8-11(13)15/h2-8,16H,15H2,1H3. The fourth-order valence-electron chi connectivity index (χ4n) is 1.51. The lowest BCUT2D eigenvalue weighted by atomic mass is 10.2. The highest BCUT2D eigenvalue weighted by molar-refractivity contribution is 9.10. The van der Waals surface area contributed by atoms with Crippen LogP contribution in [0.5, 0.6) is 0 Å². The number of rotatable bonds is 2. The van der Waals surface area contributed by atoms with Gasteiger partial charge in [0.2, 0.25) is 0 Å². The first-order chi connectivity index (χ1) is 7.66. The van der Waals surface area contributed by atoms with Crippen LogP contribution in [0.2, 0.25) is 0 Å². The SMILES string of the molecule is Cc1ccccc1Nc1ccc(Br)cc1N. The van der Waals surface area contributed by atoms with Gasteiger partial charge in [0.15, 0.2) is 0 Å². The highest BCUT2D eigenvalue weighted by atomic mass is 79.9. The number of para-hydroxylation sites is 1. The third-order valence-electron chi connectivity index (χ3n) is 2.43. The predicted octanol–water partition coefficient (Wildman–Crippen LogP) is 4.08. The maximum absolute atomic E-state index is 5.93.